The Morgan fingerprint density at radius 1 is 1.32 bits per heavy atom. The molecule has 114 valence electrons. The van der Waals surface area contributed by atoms with Crippen LogP contribution in [0.25, 0.3) is 11.4 Å². The minimum Gasteiger partial charge on any atom is -0.479 e. The molecule has 1 aliphatic rings. The van der Waals surface area contributed by atoms with Crippen LogP contribution in [0.2, 0.25) is 0 Å². The first kappa shape index (κ1) is 14.2. The normalized spacial score (nSPS) is 20.7. The van der Waals surface area contributed by atoms with Crippen molar-refractivity contribution in [1.82, 2.24) is 15.2 Å². The van der Waals surface area contributed by atoms with Crippen LogP contribution in [0, 0.1) is 0 Å². The van der Waals surface area contributed by atoms with Gasteiger partial charge in [0.15, 0.2) is 11.9 Å². The summed E-state index contributed by atoms with van der Waals surface area (Å²) in [6, 6.07) is 7.11. The number of amides is 1. The van der Waals surface area contributed by atoms with E-state index in [-0.39, 0.29) is 5.91 Å². The molecule has 8 nitrogen and oxygen atoms in total. The van der Waals surface area contributed by atoms with Gasteiger partial charge in [0.05, 0.1) is 0 Å². The van der Waals surface area contributed by atoms with Crippen LogP contribution in [-0.4, -0.2) is 44.4 Å². The molecule has 22 heavy (non-hydrogen) atoms. The summed E-state index contributed by atoms with van der Waals surface area (Å²) >= 11 is 0. The molecule has 0 unspecified atom stereocenters. The summed E-state index contributed by atoms with van der Waals surface area (Å²) in [4.78, 5) is 27.0. The first-order valence-electron chi connectivity index (χ1n) is 6.78. The van der Waals surface area contributed by atoms with Gasteiger partial charge in [-0.3, -0.25) is 9.89 Å². The molecule has 0 bridgehead atoms. The second-order valence-electron chi connectivity index (χ2n) is 4.93. The van der Waals surface area contributed by atoms with Crippen LogP contribution in [0.1, 0.15) is 12.8 Å². The molecule has 1 aliphatic heterocycles. The molecule has 0 radical (unpaired) electrons. The number of hydrogen-bond acceptors (Lipinski definition) is 5. The van der Waals surface area contributed by atoms with Crippen LogP contribution in [-0.2, 0) is 14.3 Å². The summed E-state index contributed by atoms with van der Waals surface area (Å²) in [6.07, 6.45) is 0.487. The van der Waals surface area contributed by atoms with Crippen LogP contribution in [0.15, 0.2) is 30.6 Å². The number of aromatic amines is 1. The second-order valence-corrected chi connectivity index (χ2v) is 4.93. The summed E-state index contributed by atoms with van der Waals surface area (Å²) < 4.78 is 5.22. The largest absolute Gasteiger partial charge is 0.479 e. The molecule has 2 atom stereocenters. The SMILES string of the molecule is O=C(Nc1cccc(-c2ncn[nH]2)c1)[C@@H]1CC[C@H](C(=O)O)O1. The smallest absolute Gasteiger partial charge is 0.332 e. The Morgan fingerprint density at radius 2 is 2.14 bits per heavy atom. The van der Waals surface area contributed by atoms with E-state index in [1.807, 2.05) is 6.07 Å². The number of carboxylic acids is 1. The quantitative estimate of drug-likeness (QED) is 0.777. The molecule has 1 saturated heterocycles. The van der Waals surface area contributed by atoms with E-state index >= 15 is 0 Å². The number of nitrogens with zero attached hydrogens (tertiary/aromatic N) is 2. The predicted octanol–water partition coefficient (Wildman–Crippen LogP) is 1.04. The standard InChI is InChI=1S/C14H14N4O4/c19-13(10-4-5-11(22-10)14(20)21)17-9-3-1-2-8(6-9)12-15-7-16-18-12/h1-3,6-7,10-11H,4-5H2,(H,17,19)(H,20,21)(H,15,16,18)/t10-,11+/m0/s1. The lowest BCUT2D eigenvalue weighted by Gasteiger charge is -2.12. The van der Waals surface area contributed by atoms with E-state index in [1.54, 1.807) is 18.2 Å². The van der Waals surface area contributed by atoms with Crippen molar-refractivity contribution in [2.24, 2.45) is 0 Å². The molecule has 1 amide bonds. The molecular formula is C14H14N4O4. The van der Waals surface area contributed by atoms with Crippen molar-refractivity contribution < 1.29 is 19.4 Å². The third-order valence-electron chi connectivity index (χ3n) is 3.41. The van der Waals surface area contributed by atoms with E-state index < -0.39 is 18.2 Å². The lowest BCUT2D eigenvalue weighted by molar-refractivity contribution is -0.150. The highest BCUT2D eigenvalue weighted by atomic mass is 16.5. The fourth-order valence-electron chi connectivity index (χ4n) is 2.32. The van der Waals surface area contributed by atoms with Crippen LogP contribution in [0.4, 0.5) is 5.69 Å². The summed E-state index contributed by atoms with van der Waals surface area (Å²) in [7, 11) is 0. The topological polar surface area (TPSA) is 117 Å². The summed E-state index contributed by atoms with van der Waals surface area (Å²) in [6.45, 7) is 0. The van der Waals surface area contributed by atoms with Gasteiger partial charge in [0.1, 0.15) is 12.4 Å². The number of aromatic nitrogens is 3. The number of nitrogens with one attached hydrogen (secondary N) is 2. The van der Waals surface area contributed by atoms with Crippen molar-refractivity contribution in [3.63, 3.8) is 0 Å². The van der Waals surface area contributed by atoms with E-state index in [0.29, 0.717) is 24.4 Å². The number of rotatable bonds is 4. The summed E-state index contributed by atoms with van der Waals surface area (Å²) in [5, 5.41) is 18.1. The summed E-state index contributed by atoms with van der Waals surface area (Å²) in [5.41, 5.74) is 1.37. The highest BCUT2D eigenvalue weighted by Crippen LogP contribution is 2.23. The van der Waals surface area contributed by atoms with E-state index in [4.69, 9.17) is 9.84 Å². The third kappa shape index (κ3) is 2.96. The highest BCUT2D eigenvalue weighted by Gasteiger charge is 2.34. The van der Waals surface area contributed by atoms with Gasteiger partial charge in [-0.15, -0.1) is 0 Å². The maximum Gasteiger partial charge on any atom is 0.332 e. The van der Waals surface area contributed by atoms with Gasteiger partial charge in [0.2, 0.25) is 0 Å². The van der Waals surface area contributed by atoms with Gasteiger partial charge in [-0.25, -0.2) is 9.78 Å². The number of hydrogen-bond donors (Lipinski definition) is 3. The highest BCUT2D eigenvalue weighted by molar-refractivity contribution is 5.95. The molecule has 1 fully saturated rings. The van der Waals surface area contributed by atoms with Crippen molar-refractivity contribution in [3.8, 4) is 11.4 Å². The molecule has 0 aliphatic carbocycles. The number of aliphatic carboxylic acids is 1. The van der Waals surface area contributed by atoms with Crippen LogP contribution >= 0.6 is 0 Å². The number of carbonyl (C=O) groups excluding carboxylic acids is 1. The number of carbonyl (C=O) groups is 2. The summed E-state index contributed by atoms with van der Waals surface area (Å²) in [5.74, 6) is -0.791. The lowest BCUT2D eigenvalue weighted by atomic mass is 10.1. The Labute approximate surface area is 125 Å². The first-order valence-corrected chi connectivity index (χ1v) is 6.78. The number of H-pyrrole nitrogens is 1. The first-order chi connectivity index (χ1) is 10.6. The van der Waals surface area contributed by atoms with E-state index in [1.165, 1.54) is 6.33 Å². The van der Waals surface area contributed by atoms with Crippen molar-refractivity contribution >= 4 is 17.6 Å². The van der Waals surface area contributed by atoms with Gasteiger partial charge in [-0.2, -0.15) is 5.10 Å². The van der Waals surface area contributed by atoms with Crippen molar-refractivity contribution in [3.05, 3.63) is 30.6 Å². The van der Waals surface area contributed by atoms with E-state index in [9.17, 15) is 9.59 Å². The predicted molar refractivity (Wildman–Crippen MR) is 76.0 cm³/mol. The van der Waals surface area contributed by atoms with Gasteiger partial charge in [0.25, 0.3) is 5.91 Å². The molecule has 1 aromatic heterocycles. The third-order valence-corrected chi connectivity index (χ3v) is 3.41. The van der Waals surface area contributed by atoms with Gasteiger partial charge in [0, 0.05) is 11.3 Å². The number of carboxylic acid groups (broad SMARTS) is 1. The number of ether oxygens (including phenoxy) is 1. The molecule has 3 rings (SSSR count). The zero-order valence-corrected chi connectivity index (χ0v) is 11.5. The second kappa shape index (κ2) is 5.94. The number of anilines is 1. The average Bonchev–Trinajstić information content (AvgIpc) is 3.19. The fourth-order valence-corrected chi connectivity index (χ4v) is 2.32. The lowest BCUT2D eigenvalue weighted by Crippen LogP contribution is -2.29. The van der Waals surface area contributed by atoms with Crippen molar-refractivity contribution in [1.29, 1.82) is 0 Å². The van der Waals surface area contributed by atoms with Crippen LogP contribution in [0.5, 0.6) is 0 Å². The Hall–Kier alpha value is -2.74. The molecule has 2 aromatic rings. The molecule has 0 spiro atoms. The molecule has 2 heterocycles. The van der Waals surface area contributed by atoms with Gasteiger partial charge in [-0.1, -0.05) is 12.1 Å². The van der Waals surface area contributed by atoms with Crippen molar-refractivity contribution in [2.45, 2.75) is 25.0 Å². The van der Waals surface area contributed by atoms with Crippen LogP contribution in [0.3, 0.4) is 0 Å². The molecular weight excluding hydrogens is 288 g/mol. The molecule has 8 heteroatoms. The van der Waals surface area contributed by atoms with Crippen molar-refractivity contribution in [2.75, 3.05) is 5.32 Å². The Morgan fingerprint density at radius 3 is 2.82 bits per heavy atom. The Balaban J connectivity index is 1.67. The Kier molecular flexibility index (Phi) is 3.84. The maximum atomic E-state index is 12.1. The monoisotopic (exact) mass is 302 g/mol. The molecule has 3 N–H and O–H groups in total. The minimum atomic E-state index is -1.04. The van der Waals surface area contributed by atoms with Gasteiger partial charge in [-0.05, 0) is 25.0 Å². The average molecular weight is 302 g/mol. The zero-order valence-electron chi connectivity index (χ0n) is 11.5. The maximum absolute atomic E-state index is 12.1. The van der Waals surface area contributed by atoms with Gasteiger partial charge < -0.3 is 15.2 Å². The minimum absolute atomic E-state index is 0.339. The molecule has 1 aromatic carbocycles. The number of benzene rings is 1. The fraction of sp³-hybridized carbons (Fsp3) is 0.286. The van der Waals surface area contributed by atoms with E-state index in [2.05, 4.69) is 20.5 Å². The Bertz CT molecular complexity index is 686. The molecule has 0 saturated carbocycles. The zero-order chi connectivity index (χ0) is 15.5. The van der Waals surface area contributed by atoms with Crippen LogP contribution < -0.4 is 5.32 Å². The van der Waals surface area contributed by atoms with E-state index in [0.717, 1.165) is 5.56 Å². The van der Waals surface area contributed by atoms with Gasteiger partial charge >= 0.3 is 5.97 Å².